The molecule has 2 aromatic heterocycles. The van der Waals surface area contributed by atoms with Gasteiger partial charge in [0.15, 0.2) is 0 Å². The van der Waals surface area contributed by atoms with Gasteiger partial charge in [-0.05, 0) is 50.3 Å². The number of para-hydroxylation sites is 1. The maximum absolute atomic E-state index is 12.5. The number of fused-ring (bicyclic) bond motifs is 3. The normalized spacial score (nSPS) is 12.8. The lowest BCUT2D eigenvalue weighted by molar-refractivity contribution is -0.118. The zero-order chi connectivity index (χ0) is 21.6. The predicted molar refractivity (Wildman–Crippen MR) is 130 cm³/mol. The van der Waals surface area contributed by atoms with Crippen LogP contribution in [0.5, 0.6) is 0 Å². The summed E-state index contributed by atoms with van der Waals surface area (Å²) in [6.45, 7) is 4.65. The third-order valence-electron chi connectivity index (χ3n) is 5.53. The van der Waals surface area contributed by atoms with Crippen molar-refractivity contribution in [2.75, 3.05) is 30.3 Å². The molecule has 0 fully saturated rings. The van der Waals surface area contributed by atoms with Crippen LogP contribution < -0.4 is 15.8 Å². The van der Waals surface area contributed by atoms with Gasteiger partial charge in [0.2, 0.25) is 5.91 Å². The maximum Gasteiger partial charge on any atom is 0.259 e. The van der Waals surface area contributed by atoms with E-state index in [1.165, 1.54) is 27.9 Å². The van der Waals surface area contributed by atoms with Gasteiger partial charge in [-0.1, -0.05) is 18.2 Å². The Labute approximate surface area is 190 Å². The molecular formula is C23H28N4O2S2. The van der Waals surface area contributed by atoms with Crippen molar-refractivity contribution in [3.8, 4) is 0 Å². The highest BCUT2D eigenvalue weighted by Crippen LogP contribution is 2.34. The second-order valence-electron chi connectivity index (χ2n) is 7.66. The van der Waals surface area contributed by atoms with Crippen LogP contribution in [0.2, 0.25) is 0 Å². The lowest BCUT2D eigenvalue weighted by Gasteiger charge is -2.23. The van der Waals surface area contributed by atoms with Crippen LogP contribution >= 0.6 is 23.1 Å². The first kappa shape index (κ1) is 21.9. The molecule has 0 bridgehead atoms. The number of hydrogen-bond acceptors (Lipinski definition) is 6. The topological polar surface area (TPSA) is 78.1 Å². The smallest absolute Gasteiger partial charge is 0.259 e. The lowest BCUT2D eigenvalue weighted by atomic mass is 10.2. The molecule has 2 N–H and O–H groups in total. The number of thiophene rings is 1. The molecule has 31 heavy (non-hydrogen) atoms. The van der Waals surface area contributed by atoms with E-state index in [1.807, 2.05) is 18.2 Å². The SMILES string of the molecule is CCN(CCCNC(=O)CSCc1nc2sc3c(c2c(=O)[nH]1)CCC3)c1ccccc1. The van der Waals surface area contributed by atoms with Gasteiger partial charge in [0, 0.05) is 30.2 Å². The van der Waals surface area contributed by atoms with Crippen LogP contribution in [0, 0.1) is 0 Å². The number of hydrogen-bond donors (Lipinski definition) is 2. The molecule has 164 valence electrons. The standard InChI is InChI=1S/C23H28N4O2S2/c1-2-27(16-8-4-3-5-9-16)13-7-12-24-20(28)15-30-14-19-25-22(29)21-17-10-6-11-18(17)31-23(21)26-19/h3-5,8-9H,2,6-7,10-15H2,1H3,(H,24,28)(H,25,26,29). The van der Waals surface area contributed by atoms with Crippen molar-refractivity contribution in [3.05, 3.63) is 57.0 Å². The van der Waals surface area contributed by atoms with E-state index in [2.05, 4.69) is 39.2 Å². The first-order valence-electron chi connectivity index (χ1n) is 10.8. The number of nitrogens with one attached hydrogen (secondary N) is 2. The van der Waals surface area contributed by atoms with Crippen molar-refractivity contribution >= 4 is 44.9 Å². The van der Waals surface area contributed by atoms with Crippen LogP contribution in [0.3, 0.4) is 0 Å². The van der Waals surface area contributed by atoms with Gasteiger partial charge in [-0.15, -0.1) is 23.1 Å². The van der Waals surface area contributed by atoms with E-state index in [-0.39, 0.29) is 11.5 Å². The number of carbonyl (C=O) groups excluding carboxylic acids is 1. The fourth-order valence-corrected chi connectivity index (χ4v) is 6.01. The van der Waals surface area contributed by atoms with E-state index in [0.717, 1.165) is 49.0 Å². The summed E-state index contributed by atoms with van der Waals surface area (Å²) >= 11 is 3.12. The Balaban J connectivity index is 1.20. The van der Waals surface area contributed by atoms with Crippen LogP contribution in [0.25, 0.3) is 10.2 Å². The van der Waals surface area contributed by atoms with Crippen LogP contribution in [0.15, 0.2) is 35.1 Å². The number of aryl methyl sites for hydroxylation is 2. The summed E-state index contributed by atoms with van der Waals surface area (Å²) in [5.74, 6) is 1.56. The number of aromatic nitrogens is 2. The number of aromatic amines is 1. The van der Waals surface area contributed by atoms with Crippen LogP contribution in [0.1, 0.15) is 36.0 Å². The molecule has 4 rings (SSSR count). The molecule has 8 heteroatoms. The molecule has 1 aromatic carbocycles. The highest BCUT2D eigenvalue weighted by Gasteiger charge is 2.21. The van der Waals surface area contributed by atoms with Gasteiger partial charge in [0.1, 0.15) is 10.7 Å². The Kier molecular flexibility index (Phi) is 7.29. The molecule has 0 saturated heterocycles. The van der Waals surface area contributed by atoms with Crippen LogP contribution in [-0.2, 0) is 23.4 Å². The van der Waals surface area contributed by atoms with Gasteiger partial charge < -0.3 is 15.2 Å². The number of rotatable bonds is 10. The first-order chi connectivity index (χ1) is 15.2. The van der Waals surface area contributed by atoms with Gasteiger partial charge in [-0.2, -0.15) is 0 Å². The maximum atomic E-state index is 12.5. The van der Waals surface area contributed by atoms with Gasteiger partial charge in [0.05, 0.1) is 16.9 Å². The Morgan fingerprint density at radius 2 is 2.13 bits per heavy atom. The molecule has 1 amide bonds. The van der Waals surface area contributed by atoms with Crippen molar-refractivity contribution in [2.24, 2.45) is 0 Å². The molecular weight excluding hydrogens is 428 g/mol. The number of nitrogens with zero attached hydrogens (tertiary/aromatic N) is 2. The number of benzene rings is 1. The average Bonchev–Trinajstić information content (AvgIpc) is 3.35. The predicted octanol–water partition coefficient (Wildman–Crippen LogP) is 3.74. The summed E-state index contributed by atoms with van der Waals surface area (Å²) in [4.78, 5) is 36.6. The zero-order valence-electron chi connectivity index (χ0n) is 17.8. The molecule has 2 heterocycles. The summed E-state index contributed by atoms with van der Waals surface area (Å²) in [7, 11) is 0. The number of H-pyrrole nitrogens is 1. The van der Waals surface area contributed by atoms with Gasteiger partial charge in [-0.3, -0.25) is 9.59 Å². The zero-order valence-corrected chi connectivity index (χ0v) is 19.4. The van der Waals surface area contributed by atoms with Gasteiger partial charge >= 0.3 is 0 Å². The second kappa shape index (κ2) is 10.3. The summed E-state index contributed by atoms with van der Waals surface area (Å²) in [6, 6.07) is 10.3. The van der Waals surface area contributed by atoms with E-state index in [9.17, 15) is 9.59 Å². The highest BCUT2D eigenvalue weighted by molar-refractivity contribution is 7.99. The molecule has 6 nitrogen and oxygen atoms in total. The minimum Gasteiger partial charge on any atom is -0.372 e. The Morgan fingerprint density at radius 3 is 2.94 bits per heavy atom. The average molecular weight is 457 g/mol. The molecule has 1 aliphatic rings. The van der Waals surface area contributed by atoms with Crippen molar-refractivity contribution in [3.63, 3.8) is 0 Å². The molecule has 0 unspecified atom stereocenters. The first-order valence-corrected chi connectivity index (χ1v) is 12.8. The Morgan fingerprint density at radius 1 is 1.29 bits per heavy atom. The highest BCUT2D eigenvalue weighted by atomic mass is 32.2. The fourth-order valence-electron chi connectivity index (χ4n) is 4.01. The van der Waals surface area contributed by atoms with Crippen molar-refractivity contribution in [1.82, 2.24) is 15.3 Å². The quantitative estimate of drug-likeness (QED) is 0.455. The summed E-state index contributed by atoms with van der Waals surface area (Å²) < 4.78 is 0. The number of thioether (sulfide) groups is 1. The largest absolute Gasteiger partial charge is 0.372 e. The number of carbonyl (C=O) groups is 1. The molecule has 0 spiro atoms. The third kappa shape index (κ3) is 5.30. The van der Waals surface area contributed by atoms with Crippen molar-refractivity contribution < 1.29 is 4.79 Å². The fraction of sp³-hybridized carbons (Fsp3) is 0.435. The number of anilines is 1. The van der Waals surface area contributed by atoms with Gasteiger partial charge in [0.25, 0.3) is 5.56 Å². The molecule has 0 aliphatic heterocycles. The van der Waals surface area contributed by atoms with E-state index in [0.29, 0.717) is 23.9 Å². The summed E-state index contributed by atoms with van der Waals surface area (Å²) in [5, 5.41) is 3.77. The van der Waals surface area contributed by atoms with Crippen molar-refractivity contribution in [1.29, 1.82) is 0 Å². The van der Waals surface area contributed by atoms with E-state index in [4.69, 9.17) is 0 Å². The minimum absolute atomic E-state index is 0.0197. The van der Waals surface area contributed by atoms with E-state index < -0.39 is 0 Å². The monoisotopic (exact) mass is 456 g/mol. The molecule has 3 aromatic rings. The minimum atomic E-state index is -0.0386. The van der Waals surface area contributed by atoms with Crippen LogP contribution in [-0.4, -0.2) is 41.3 Å². The lowest BCUT2D eigenvalue weighted by Crippen LogP contribution is -2.30. The molecule has 0 atom stereocenters. The van der Waals surface area contributed by atoms with Gasteiger partial charge in [-0.25, -0.2) is 4.98 Å². The number of amides is 1. The van der Waals surface area contributed by atoms with E-state index in [1.54, 1.807) is 11.3 Å². The third-order valence-corrected chi connectivity index (χ3v) is 7.66. The summed E-state index contributed by atoms with van der Waals surface area (Å²) in [6.07, 6.45) is 4.07. The Hall–Kier alpha value is -2.32. The molecule has 0 saturated carbocycles. The molecule has 0 radical (unpaired) electrons. The van der Waals surface area contributed by atoms with Crippen molar-refractivity contribution in [2.45, 2.75) is 38.4 Å². The van der Waals surface area contributed by atoms with Crippen LogP contribution in [0.4, 0.5) is 5.69 Å². The van der Waals surface area contributed by atoms with E-state index >= 15 is 0 Å². The Bertz CT molecular complexity index is 1090. The molecule has 1 aliphatic carbocycles. The summed E-state index contributed by atoms with van der Waals surface area (Å²) in [5.41, 5.74) is 2.37. The second-order valence-corrected chi connectivity index (χ2v) is 9.73.